The van der Waals surface area contributed by atoms with Crippen LogP contribution < -0.4 is 0 Å². The van der Waals surface area contributed by atoms with E-state index in [0.29, 0.717) is 11.1 Å². The molecule has 1 aliphatic heterocycles. The van der Waals surface area contributed by atoms with E-state index in [1.54, 1.807) is 0 Å². The van der Waals surface area contributed by atoms with Gasteiger partial charge in [0.05, 0.1) is 18.5 Å². The maximum atomic E-state index is 14.4. The van der Waals surface area contributed by atoms with Crippen molar-refractivity contribution in [2.45, 2.75) is 19.1 Å². The molecule has 3 rings (SSSR count). The lowest BCUT2D eigenvalue weighted by Gasteiger charge is -2.38. The Bertz CT molecular complexity index is 856. The van der Waals surface area contributed by atoms with Gasteiger partial charge in [0.25, 0.3) is 0 Å². The second kappa shape index (κ2) is 6.89. The number of aliphatic imine (C=N–C) groups is 1. The standard InChI is InChI=1S/C16H16F3N5O2/c1-10(15-14(19)5-20-9-24(15)26)16(25,6-23-8-21-7-22-23)12-3-2-11(17)4-13(12)18/h2-5,7-8,10,25-26H,6,9H2,1H3/t10-,16+/m0/s1. The summed E-state index contributed by atoms with van der Waals surface area (Å²) in [5.41, 5.74) is -2.60. The number of hydrogen-bond acceptors (Lipinski definition) is 6. The van der Waals surface area contributed by atoms with Crippen LogP contribution in [0.4, 0.5) is 13.2 Å². The van der Waals surface area contributed by atoms with Crippen molar-refractivity contribution < 1.29 is 23.5 Å². The molecule has 0 radical (unpaired) electrons. The fourth-order valence-electron chi connectivity index (χ4n) is 2.98. The number of aromatic nitrogens is 3. The molecule has 0 amide bonds. The Morgan fingerprint density at radius 1 is 1.31 bits per heavy atom. The summed E-state index contributed by atoms with van der Waals surface area (Å²) in [7, 11) is 0. The minimum atomic E-state index is -2.07. The van der Waals surface area contributed by atoms with Crippen LogP contribution in [0.3, 0.4) is 0 Å². The SMILES string of the molecule is C[C@@H](C1=C(F)C=NCN1O)[C@](O)(Cn1cncn1)c1ccc(F)cc1F. The zero-order chi connectivity index (χ0) is 18.9. The zero-order valence-corrected chi connectivity index (χ0v) is 13.7. The number of benzene rings is 1. The Labute approximate surface area is 146 Å². The maximum absolute atomic E-state index is 14.4. The second-order valence-corrected chi connectivity index (χ2v) is 5.95. The first-order chi connectivity index (χ1) is 12.3. The molecule has 0 fully saturated rings. The number of halogens is 3. The summed E-state index contributed by atoms with van der Waals surface area (Å²) in [6.07, 6.45) is 3.43. The third-order valence-electron chi connectivity index (χ3n) is 4.34. The van der Waals surface area contributed by atoms with Gasteiger partial charge in [-0.25, -0.2) is 27.9 Å². The molecule has 2 aromatic rings. The molecule has 2 N–H and O–H groups in total. The van der Waals surface area contributed by atoms with Crippen LogP contribution in [-0.4, -0.2) is 43.0 Å². The highest BCUT2D eigenvalue weighted by Gasteiger charge is 2.43. The monoisotopic (exact) mass is 367 g/mol. The van der Waals surface area contributed by atoms with Crippen LogP contribution in [0.5, 0.6) is 0 Å². The molecule has 1 aromatic carbocycles. The van der Waals surface area contributed by atoms with Crippen LogP contribution in [0.2, 0.25) is 0 Å². The number of aliphatic hydroxyl groups is 1. The van der Waals surface area contributed by atoms with Gasteiger partial charge >= 0.3 is 0 Å². The van der Waals surface area contributed by atoms with Crippen LogP contribution >= 0.6 is 0 Å². The minimum Gasteiger partial charge on any atom is -0.382 e. The van der Waals surface area contributed by atoms with Crippen LogP contribution in [-0.2, 0) is 12.1 Å². The molecule has 1 aliphatic rings. The zero-order valence-electron chi connectivity index (χ0n) is 13.7. The van der Waals surface area contributed by atoms with Crippen molar-refractivity contribution in [2.24, 2.45) is 10.9 Å². The van der Waals surface area contributed by atoms with Gasteiger partial charge in [0.2, 0.25) is 0 Å². The number of allylic oxidation sites excluding steroid dienone is 1. The average Bonchev–Trinajstić information content (AvgIpc) is 3.07. The topological polar surface area (TPSA) is 86.8 Å². The van der Waals surface area contributed by atoms with Gasteiger partial charge in [0, 0.05) is 17.5 Å². The van der Waals surface area contributed by atoms with E-state index in [-0.39, 0.29) is 24.5 Å². The summed E-state index contributed by atoms with van der Waals surface area (Å²) < 4.78 is 43.2. The van der Waals surface area contributed by atoms with Gasteiger partial charge in [-0.15, -0.1) is 0 Å². The van der Waals surface area contributed by atoms with Gasteiger partial charge in [-0.05, 0) is 6.07 Å². The lowest BCUT2D eigenvalue weighted by molar-refractivity contribution is -0.0994. The largest absolute Gasteiger partial charge is 0.382 e. The molecule has 7 nitrogen and oxygen atoms in total. The van der Waals surface area contributed by atoms with Crippen molar-refractivity contribution in [2.75, 3.05) is 6.67 Å². The first kappa shape index (κ1) is 18.1. The van der Waals surface area contributed by atoms with E-state index in [0.717, 1.165) is 18.3 Å². The normalized spacial score (nSPS) is 18.2. The predicted octanol–water partition coefficient (Wildman–Crippen LogP) is 1.99. The average molecular weight is 367 g/mol. The van der Waals surface area contributed by atoms with Crippen molar-refractivity contribution in [3.63, 3.8) is 0 Å². The highest BCUT2D eigenvalue weighted by atomic mass is 19.1. The maximum Gasteiger partial charge on any atom is 0.162 e. The minimum absolute atomic E-state index is 0.238. The second-order valence-electron chi connectivity index (χ2n) is 5.95. The van der Waals surface area contributed by atoms with Crippen molar-refractivity contribution in [3.05, 3.63) is 59.6 Å². The van der Waals surface area contributed by atoms with E-state index < -0.39 is 29.0 Å². The first-order valence-corrected chi connectivity index (χ1v) is 7.69. The van der Waals surface area contributed by atoms with E-state index in [1.807, 2.05) is 0 Å². The Hall–Kier alpha value is -2.72. The Kier molecular flexibility index (Phi) is 4.79. The third-order valence-corrected chi connectivity index (χ3v) is 4.34. The van der Waals surface area contributed by atoms with Crippen molar-refractivity contribution in [1.82, 2.24) is 19.8 Å². The van der Waals surface area contributed by atoms with E-state index >= 15 is 0 Å². The van der Waals surface area contributed by atoms with Gasteiger partial charge in [-0.2, -0.15) is 5.10 Å². The van der Waals surface area contributed by atoms with E-state index in [4.69, 9.17) is 0 Å². The number of rotatable bonds is 5. The predicted molar refractivity (Wildman–Crippen MR) is 84.6 cm³/mol. The third kappa shape index (κ3) is 3.20. The quantitative estimate of drug-likeness (QED) is 0.844. The molecule has 1 aromatic heterocycles. The molecule has 26 heavy (non-hydrogen) atoms. The lowest BCUT2D eigenvalue weighted by atomic mass is 9.79. The molecule has 2 heterocycles. The summed E-state index contributed by atoms with van der Waals surface area (Å²) >= 11 is 0. The lowest BCUT2D eigenvalue weighted by Crippen LogP contribution is -2.44. The Morgan fingerprint density at radius 3 is 2.69 bits per heavy atom. The van der Waals surface area contributed by atoms with Crippen LogP contribution in [0.25, 0.3) is 0 Å². The molecule has 2 atom stereocenters. The molecule has 0 spiro atoms. The number of hydrogen-bond donors (Lipinski definition) is 2. The highest BCUT2D eigenvalue weighted by molar-refractivity contribution is 5.77. The van der Waals surface area contributed by atoms with Gasteiger partial charge in [0.1, 0.15) is 36.6 Å². The summed E-state index contributed by atoms with van der Waals surface area (Å²) in [6, 6.07) is 2.69. The van der Waals surface area contributed by atoms with Crippen LogP contribution in [0.15, 0.2) is 47.4 Å². The van der Waals surface area contributed by atoms with Gasteiger partial charge in [0.15, 0.2) is 5.83 Å². The van der Waals surface area contributed by atoms with Crippen molar-refractivity contribution in [3.8, 4) is 0 Å². The number of hydroxylamine groups is 2. The van der Waals surface area contributed by atoms with E-state index in [1.165, 1.54) is 24.3 Å². The molecular weight excluding hydrogens is 351 g/mol. The van der Waals surface area contributed by atoms with Crippen LogP contribution in [0.1, 0.15) is 12.5 Å². The summed E-state index contributed by atoms with van der Waals surface area (Å²) in [4.78, 5) is 7.37. The van der Waals surface area contributed by atoms with Gasteiger partial charge < -0.3 is 5.11 Å². The molecule has 0 saturated carbocycles. The van der Waals surface area contributed by atoms with Crippen LogP contribution in [0, 0.1) is 17.6 Å². The van der Waals surface area contributed by atoms with E-state index in [9.17, 15) is 23.5 Å². The molecule has 0 saturated heterocycles. The van der Waals surface area contributed by atoms with Gasteiger partial charge in [-0.1, -0.05) is 13.0 Å². The highest BCUT2D eigenvalue weighted by Crippen LogP contribution is 2.39. The Morgan fingerprint density at radius 2 is 2.08 bits per heavy atom. The van der Waals surface area contributed by atoms with Crippen molar-refractivity contribution in [1.29, 1.82) is 0 Å². The summed E-state index contributed by atoms with van der Waals surface area (Å²) in [5.74, 6) is -3.83. The first-order valence-electron chi connectivity index (χ1n) is 7.69. The summed E-state index contributed by atoms with van der Waals surface area (Å²) in [5, 5.41) is 25.7. The molecule has 138 valence electrons. The Balaban J connectivity index is 2.12. The smallest absolute Gasteiger partial charge is 0.162 e. The molecule has 10 heteroatoms. The molecular formula is C16H16F3N5O2. The number of nitrogens with zero attached hydrogens (tertiary/aromatic N) is 5. The molecule has 0 bridgehead atoms. The fourth-order valence-corrected chi connectivity index (χ4v) is 2.98. The molecule has 0 aliphatic carbocycles. The molecule has 0 unspecified atom stereocenters. The van der Waals surface area contributed by atoms with E-state index in [2.05, 4.69) is 15.1 Å². The van der Waals surface area contributed by atoms with Crippen molar-refractivity contribution >= 4 is 6.21 Å². The fraction of sp³-hybridized carbons (Fsp3) is 0.312. The van der Waals surface area contributed by atoms with Gasteiger partial charge in [-0.3, -0.25) is 10.2 Å². The summed E-state index contributed by atoms with van der Waals surface area (Å²) in [6.45, 7) is 0.869.